The van der Waals surface area contributed by atoms with Crippen molar-refractivity contribution in [3.8, 4) is 0 Å². The highest BCUT2D eigenvalue weighted by Crippen LogP contribution is 2.42. The smallest absolute Gasteiger partial charge is 0.164 e. The summed E-state index contributed by atoms with van der Waals surface area (Å²) in [5, 5.41) is 0.982. The van der Waals surface area contributed by atoms with E-state index >= 15 is 0 Å². The third-order valence-electron chi connectivity index (χ3n) is 4.58. The third-order valence-corrected chi connectivity index (χ3v) is 5.75. The number of anilines is 1. The van der Waals surface area contributed by atoms with E-state index in [1.807, 2.05) is 0 Å². The van der Waals surface area contributed by atoms with Gasteiger partial charge < -0.3 is 10.5 Å². The summed E-state index contributed by atoms with van der Waals surface area (Å²) in [6, 6.07) is 2.11. The van der Waals surface area contributed by atoms with Crippen LogP contribution in [0, 0.1) is 5.92 Å². The van der Waals surface area contributed by atoms with E-state index in [0.717, 1.165) is 41.7 Å². The summed E-state index contributed by atoms with van der Waals surface area (Å²) in [7, 11) is 1.77. The van der Waals surface area contributed by atoms with E-state index in [1.165, 1.54) is 11.3 Å². The molecule has 2 heterocycles. The zero-order valence-corrected chi connectivity index (χ0v) is 13.8. The van der Waals surface area contributed by atoms with Crippen molar-refractivity contribution in [1.82, 2.24) is 9.97 Å². The van der Waals surface area contributed by atoms with Gasteiger partial charge in [0.05, 0.1) is 5.39 Å². The number of nitrogen functional groups attached to an aromatic ring is 1. The molecule has 0 amide bonds. The number of thiophene rings is 1. The van der Waals surface area contributed by atoms with Gasteiger partial charge in [-0.05, 0) is 37.7 Å². The van der Waals surface area contributed by atoms with Crippen LogP contribution in [0.1, 0.15) is 50.2 Å². The van der Waals surface area contributed by atoms with Crippen molar-refractivity contribution >= 4 is 27.4 Å². The topological polar surface area (TPSA) is 61.0 Å². The Kier molecular flexibility index (Phi) is 3.88. The Morgan fingerprint density at radius 2 is 2.29 bits per heavy atom. The number of rotatable bonds is 3. The second-order valence-electron chi connectivity index (χ2n) is 6.12. The van der Waals surface area contributed by atoms with E-state index in [2.05, 4.69) is 24.9 Å². The fourth-order valence-electron chi connectivity index (χ4n) is 3.35. The molecule has 114 valence electrons. The minimum Gasteiger partial charge on any atom is -0.383 e. The first-order chi connectivity index (χ1) is 10.1. The molecule has 0 aliphatic heterocycles. The summed E-state index contributed by atoms with van der Waals surface area (Å²) < 4.78 is 5.90. The van der Waals surface area contributed by atoms with Gasteiger partial charge in [-0.15, -0.1) is 11.3 Å². The number of hydrogen-bond donors (Lipinski definition) is 1. The Bertz CT molecular complexity index is 654. The van der Waals surface area contributed by atoms with E-state index < -0.39 is 0 Å². The molecule has 2 aromatic rings. The van der Waals surface area contributed by atoms with Gasteiger partial charge in [-0.1, -0.05) is 20.3 Å². The fraction of sp³-hybridized carbons (Fsp3) is 0.625. The molecule has 2 N–H and O–H groups in total. The molecule has 2 unspecified atom stereocenters. The number of aryl methyl sites for hydroxylation is 1. The summed E-state index contributed by atoms with van der Waals surface area (Å²) in [6.45, 7) is 4.42. The van der Waals surface area contributed by atoms with Crippen LogP contribution in [0.15, 0.2) is 6.07 Å². The molecule has 2 aromatic heterocycles. The van der Waals surface area contributed by atoms with Crippen LogP contribution in [-0.2, 0) is 16.8 Å². The molecular formula is C16H23N3OS. The zero-order chi connectivity index (χ0) is 15.0. The third kappa shape index (κ3) is 2.53. The van der Waals surface area contributed by atoms with Gasteiger partial charge in [0.25, 0.3) is 0 Å². The average Bonchev–Trinajstić information content (AvgIpc) is 2.91. The monoisotopic (exact) mass is 305 g/mol. The Hall–Kier alpha value is -1.20. The Balaban J connectivity index is 2.10. The number of fused-ring (bicyclic) bond motifs is 1. The lowest BCUT2D eigenvalue weighted by atomic mass is 9.78. The highest BCUT2D eigenvalue weighted by atomic mass is 32.1. The maximum Gasteiger partial charge on any atom is 0.164 e. The predicted octanol–water partition coefficient (Wildman–Crippen LogP) is 3.89. The van der Waals surface area contributed by atoms with Crippen LogP contribution in [0.4, 0.5) is 5.82 Å². The highest BCUT2D eigenvalue weighted by molar-refractivity contribution is 7.18. The molecule has 0 aromatic carbocycles. The number of hydrogen-bond acceptors (Lipinski definition) is 5. The first-order valence-corrected chi connectivity index (χ1v) is 8.51. The quantitative estimate of drug-likeness (QED) is 0.934. The minimum absolute atomic E-state index is 0.365. The molecule has 1 aliphatic rings. The number of nitrogens with zero attached hydrogens (tertiary/aromatic N) is 2. The zero-order valence-electron chi connectivity index (χ0n) is 13.0. The highest BCUT2D eigenvalue weighted by Gasteiger charge is 2.39. The normalized spacial score (nSPS) is 26.3. The van der Waals surface area contributed by atoms with Crippen LogP contribution in [-0.4, -0.2) is 17.1 Å². The molecular weight excluding hydrogens is 282 g/mol. The largest absolute Gasteiger partial charge is 0.383 e. The van der Waals surface area contributed by atoms with Gasteiger partial charge in [-0.25, -0.2) is 9.97 Å². The van der Waals surface area contributed by atoms with Crippen molar-refractivity contribution in [1.29, 1.82) is 0 Å². The molecule has 1 saturated carbocycles. The van der Waals surface area contributed by atoms with Crippen molar-refractivity contribution in [3.05, 3.63) is 16.8 Å². The van der Waals surface area contributed by atoms with Gasteiger partial charge in [-0.2, -0.15) is 0 Å². The van der Waals surface area contributed by atoms with E-state index in [1.54, 1.807) is 18.4 Å². The lowest BCUT2D eigenvalue weighted by molar-refractivity contribution is -0.0642. The molecule has 1 aliphatic carbocycles. The molecule has 5 heteroatoms. The van der Waals surface area contributed by atoms with Gasteiger partial charge in [0.1, 0.15) is 16.2 Å². The second-order valence-corrected chi connectivity index (χ2v) is 7.23. The minimum atomic E-state index is -0.365. The first-order valence-electron chi connectivity index (χ1n) is 7.69. The van der Waals surface area contributed by atoms with Crippen molar-refractivity contribution in [2.45, 2.75) is 51.6 Å². The van der Waals surface area contributed by atoms with Crippen molar-refractivity contribution in [3.63, 3.8) is 0 Å². The number of ether oxygens (including phenoxy) is 1. The van der Waals surface area contributed by atoms with Crippen LogP contribution >= 0.6 is 11.3 Å². The van der Waals surface area contributed by atoms with Gasteiger partial charge in [-0.3, -0.25) is 0 Å². The summed E-state index contributed by atoms with van der Waals surface area (Å²) in [4.78, 5) is 11.7. The molecule has 21 heavy (non-hydrogen) atoms. The Morgan fingerprint density at radius 1 is 1.48 bits per heavy atom. The number of nitrogens with two attached hydrogens (primary N) is 1. The maximum absolute atomic E-state index is 6.18. The number of methoxy groups -OCH3 is 1. The van der Waals surface area contributed by atoms with Crippen molar-refractivity contribution in [2.75, 3.05) is 12.8 Å². The van der Waals surface area contributed by atoms with Crippen molar-refractivity contribution < 1.29 is 4.74 Å². The summed E-state index contributed by atoms with van der Waals surface area (Å²) in [6.07, 6.45) is 5.36. The molecule has 4 nitrogen and oxygen atoms in total. The van der Waals surface area contributed by atoms with Gasteiger partial charge in [0, 0.05) is 12.0 Å². The average molecular weight is 305 g/mol. The van der Waals surface area contributed by atoms with Crippen LogP contribution in [0.25, 0.3) is 10.2 Å². The van der Waals surface area contributed by atoms with Crippen LogP contribution in [0.2, 0.25) is 0 Å². The first kappa shape index (κ1) is 14.7. The van der Waals surface area contributed by atoms with Gasteiger partial charge in [0.2, 0.25) is 0 Å². The van der Waals surface area contributed by atoms with Crippen LogP contribution in [0.3, 0.4) is 0 Å². The molecule has 1 fully saturated rings. The molecule has 0 saturated heterocycles. The summed E-state index contributed by atoms with van der Waals surface area (Å²) >= 11 is 1.71. The van der Waals surface area contributed by atoms with Gasteiger partial charge >= 0.3 is 0 Å². The van der Waals surface area contributed by atoms with Crippen LogP contribution in [0.5, 0.6) is 0 Å². The fourth-order valence-corrected chi connectivity index (χ4v) is 4.33. The van der Waals surface area contributed by atoms with Crippen LogP contribution < -0.4 is 5.73 Å². The van der Waals surface area contributed by atoms with E-state index in [0.29, 0.717) is 11.7 Å². The van der Waals surface area contributed by atoms with E-state index in [9.17, 15) is 0 Å². The molecule has 0 radical (unpaired) electrons. The standard InChI is InChI=1S/C16H23N3OS/c1-4-11-8-12-13(17)18-15(19-14(12)21-11)16(20-3)7-5-6-10(2)9-16/h8,10H,4-7,9H2,1-3H3,(H2,17,18,19). The lowest BCUT2D eigenvalue weighted by Gasteiger charge is -2.37. The SMILES string of the molecule is CCc1cc2c(N)nc(C3(OC)CCCC(C)C3)nc2s1. The lowest BCUT2D eigenvalue weighted by Crippen LogP contribution is -2.36. The number of aromatic nitrogens is 2. The van der Waals surface area contributed by atoms with Crippen molar-refractivity contribution in [2.24, 2.45) is 5.92 Å². The molecule has 0 spiro atoms. The van der Waals surface area contributed by atoms with E-state index in [4.69, 9.17) is 15.5 Å². The molecule has 0 bridgehead atoms. The molecule has 2 atom stereocenters. The summed E-state index contributed by atoms with van der Waals surface area (Å²) in [5.74, 6) is 1.99. The Morgan fingerprint density at radius 3 is 2.95 bits per heavy atom. The predicted molar refractivity (Wildman–Crippen MR) is 87.5 cm³/mol. The van der Waals surface area contributed by atoms with E-state index in [-0.39, 0.29) is 5.60 Å². The Labute approximate surface area is 129 Å². The summed E-state index contributed by atoms with van der Waals surface area (Å²) in [5.41, 5.74) is 5.82. The maximum atomic E-state index is 6.18. The molecule has 3 rings (SSSR count). The van der Waals surface area contributed by atoms with Gasteiger partial charge in [0.15, 0.2) is 5.82 Å². The second kappa shape index (κ2) is 5.54.